The van der Waals surface area contributed by atoms with Crippen LogP contribution in [-0.2, 0) is 10.0 Å². The van der Waals surface area contributed by atoms with Gasteiger partial charge in [-0.2, -0.15) is 0 Å². The molecule has 118 valence electrons. The van der Waals surface area contributed by atoms with Crippen molar-refractivity contribution in [1.82, 2.24) is 9.71 Å². The molecule has 5 nitrogen and oxygen atoms in total. The van der Waals surface area contributed by atoms with Gasteiger partial charge in [-0.1, -0.05) is 19.3 Å². The van der Waals surface area contributed by atoms with Crippen LogP contribution in [0.1, 0.15) is 44.9 Å². The zero-order valence-corrected chi connectivity index (χ0v) is 13.8. The van der Waals surface area contributed by atoms with Crippen LogP contribution in [0.3, 0.4) is 0 Å². The Hall–Kier alpha value is -0.660. The van der Waals surface area contributed by atoms with Gasteiger partial charge in [0.25, 0.3) is 0 Å². The van der Waals surface area contributed by atoms with Gasteiger partial charge in [-0.3, -0.25) is 0 Å². The largest absolute Gasteiger partial charge is 0.344 e. The zero-order valence-electron chi connectivity index (χ0n) is 12.2. The van der Waals surface area contributed by atoms with E-state index in [0.29, 0.717) is 6.54 Å². The molecule has 0 bridgehead atoms. The van der Waals surface area contributed by atoms with E-state index >= 15 is 0 Å². The number of anilines is 1. The van der Waals surface area contributed by atoms with E-state index in [-0.39, 0.29) is 11.3 Å². The molecule has 1 aliphatic carbocycles. The Morgan fingerprint density at radius 3 is 2.76 bits per heavy atom. The highest BCUT2D eigenvalue weighted by molar-refractivity contribution is 7.90. The Morgan fingerprint density at radius 2 is 2.05 bits per heavy atom. The molecular weight excluding hydrogens is 306 g/mol. The molecule has 0 spiro atoms. The SMILES string of the molecule is O=S(=O)(NCC1CCCN1c1nccs1)C1CCCCC1. The van der Waals surface area contributed by atoms with Crippen molar-refractivity contribution in [3.63, 3.8) is 0 Å². The van der Waals surface area contributed by atoms with Gasteiger partial charge in [-0.15, -0.1) is 11.3 Å². The average Bonchev–Trinajstić information content (AvgIpc) is 3.17. The van der Waals surface area contributed by atoms with E-state index in [1.807, 2.05) is 11.6 Å². The first kappa shape index (κ1) is 15.2. The molecule has 0 aromatic carbocycles. The lowest BCUT2D eigenvalue weighted by Crippen LogP contribution is -2.43. The van der Waals surface area contributed by atoms with Crippen LogP contribution in [0.15, 0.2) is 11.6 Å². The Labute approximate surface area is 130 Å². The zero-order chi connectivity index (χ0) is 14.7. The minimum atomic E-state index is -3.16. The van der Waals surface area contributed by atoms with E-state index in [4.69, 9.17) is 0 Å². The summed E-state index contributed by atoms with van der Waals surface area (Å²) in [5.41, 5.74) is 0. The van der Waals surface area contributed by atoms with Crippen LogP contribution < -0.4 is 9.62 Å². The highest BCUT2D eigenvalue weighted by Gasteiger charge is 2.31. The van der Waals surface area contributed by atoms with Crippen molar-refractivity contribution in [2.75, 3.05) is 18.0 Å². The van der Waals surface area contributed by atoms with Gasteiger partial charge in [0, 0.05) is 30.7 Å². The van der Waals surface area contributed by atoms with Crippen LogP contribution in [0, 0.1) is 0 Å². The van der Waals surface area contributed by atoms with Crippen LogP contribution in [0.2, 0.25) is 0 Å². The molecule has 1 saturated carbocycles. The topological polar surface area (TPSA) is 62.3 Å². The van der Waals surface area contributed by atoms with Crippen molar-refractivity contribution in [3.8, 4) is 0 Å². The van der Waals surface area contributed by atoms with Gasteiger partial charge in [0.05, 0.1) is 5.25 Å². The van der Waals surface area contributed by atoms with Crippen molar-refractivity contribution in [1.29, 1.82) is 0 Å². The molecule has 1 N–H and O–H groups in total. The molecule has 1 aromatic rings. The summed E-state index contributed by atoms with van der Waals surface area (Å²) < 4.78 is 27.7. The molecule has 3 rings (SSSR count). The predicted octanol–water partition coefficient (Wildman–Crippen LogP) is 2.36. The fourth-order valence-corrected chi connectivity index (χ4v) is 5.72. The molecule has 21 heavy (non-hydrogen) atoms. The number of thiazole rings is 1. The van der Waals surface area contributed by atoms with Gasteiger partial charge in [0.15, 0.2) is 5.13 Å². The highest BCUT2D eigenvalue weighted by atomic mass is 32.2. The summed E-state index contributed by atoms with van der Waals surface area (Å²) in [4.78, 5) is 6.59. The average molecular weight is 329 g/mol. The quantitative estimate of drug-likeness (QED) is 0.901. The number of rotatable bonds is 5. The lowest BCUT2D eigenvalue weighted by molar-refractivity contribution is 0.475. The van der Waals surface area contributed by atoms with Crippen LogP contribution in [0.25, 0.3) is 0 Å². The second-order valence-electron chi connectivity index (χ2n) is 5.96. The van der Waals surface area contributed by atoms with Gasteiger partial charge < -0.3 is 4.90 Å². The standard InChI is InChI=1S/C14H23N3O2S2/c18-21(19,13-6-2-1-3-7-13)16-11-12-5-4-9-17(12)14-15-8-10-20-14/h8,10,12-13,16H,1-7,9,11H2. The normalized spacial score (nSPS) is 24.6. The summed E-state index contributed by atoms with van der Waals surface area (Å²) >= 11 is 1.62. The molecule has 1 aromatic heterocycles. The summed E-state index contributed by atoms with van der Waals surface area (Å²) in [6.45, 7) is 1.49. The van der Waals surface area contributed by atoms with Crippen LogP contribution >= 0.6 is 11.3 Å². The molecule has 2 aliphatic rings. The van der Waals surface area contributed by atoms with E-state index < -0.39 is 10.0 Å². The summed E-state index contributed by atoms with van der Waals surface area (Å²) in [6.07, 6.45) is 8.84. The fraction of sp³-hybridized carbons (Fsp3) is 0.786. The third-order valence-corrected chi connectivity index (χ3v) is 7.28. The maximum atomic E-state index is 12.4. The predicted molar refractivity (Wildman–Crippen MR) is 86.3 cm³/mol. The van der Waals surface area contributed by atoms with Crippen molar-refractivity contribution < 1.29 is 8.42 Å². The van der Waals surface area contributed by atoms with Gasteiger partial charge in [0.2, 0.25) is 10.0 Å². The third-order valence-electron chi connectivity index (χ3n) is 4.55. The minimum Gasteiger partial charge on any atom is -0.344 e. The molecule has 1 atom stereocenters. The molecule has 0 amide bonds. The van der Waals surface area contributed by atoms with Crippen molar-refractivity contribution >= 4 is 26.5 Å². The third kappa shape index (κ3) is 3.57. The van der Waals surface area contributed by atoms with Gasteiger partial charge in [-0.25, -0.2) is 18.1 Å². The number of sulfonamides is 1. The summed E-state index contributed by atoms with van der Waals surface area (Å²) in [5.74, 6) is 0. The Morgan fingerprint density at radius 1 is 1.24 bits per heavy atom. The second-order valence-corrected chi connectivity index (χ2v) is 8.88. The van der Waals surface area contributed by atoms with Gasteiger partial charge in [-0.05, 0) is 25.7 Å². The van der Waals surface area contributed by atoms with Crippen LogP contribution in [0.4, 0.5) is 5.13 Å². The maximum Gasteiger partial charge on any atom is 0.214 e. The first-order valence-corrected chi connectivity index (χ1v) is 10.2. The van der Waals surface area contributed by atoms with Gasteiger partial charge in [0.1, 0.15) is 0 Å². The molecule has 0 radical (unpaired) electrons. The summed E-state index contributed by atoms with van der Waals surface area (Å²) in [6, 6.07) is 0.245. The molecule has 2 heterocycles. The van der Waals surface area contributed by atoms with Crippen molar-refractivity contribution in [2.45, 2.75) is 56.2 Å². The Balaban J connectivity index is 1.58. The van der Waals surface area contributed by atoms with E-state index in [1.165, 1.54) is 6.42 Å². The lowest BCUT2D eigenvalue weighted by atomic mass is 10.0. The molecule has 1 aliphatic heterocycles. The van der Waals surface area contributed by atoms with Crippen LogP contribution in [0.5, 0.6) is 0 Å². The number of hydrogen-bond donors (Lipinski definition) is 1. The van der Waals surface area contributed by atoms with E-state index in [2.05, 4.69) is 14.6 Å². The number of nitrogens with zero attached hydrogens (tertiary/aromatic N) is 2. The van der Waals surface area contributed by atoms with Crippen molar-refractivity contribution in [2.24, 2.45) is 0 Å². The molecule has 2 fully saturated rings. The minimum absolute atomic E-state index is 0.180. The molecular formula is C14H23N3O2S2. The Kier molecular flexibility index (Phi) is 4.81. The van der Waals surface area contributed by atoms with Gasteiger partial charge >= 0.3 is 0 Å². The first-order chi connectivity index (χ1) is 10.2. The monoisotopic (exact) mass is 329 g/mol. The van der Waals surface area contributed by atoms with E-state index in [1.54, 1.807) is 11.3 Å². The molecule has 1 saturated heterocycles. The summed E-state index contributed by atoms with van der Waals surface area (Å²) in [7, 11) is -3.16. The van der Waals surface area contributed by atoms with E-state index in [0.717, 1.165) is 50.2 Å². The summed E-state index contributed by atoms with van der Waals surface area (Å²) in [5, 5.41) is 2.80. The lowest BCUT2D eigenvalue weighted by Gasteiger charge is -2.26. The fourth-order valence-electron chi connectivity index (χ4n) is 3.36. The smallest absolute Gasteiger partial charge is 0.214 e. The number of aromatic nitrogens is 1. The Bertz CT molecular complexity index is 539. The second kappa shape index (κ2) is 6.62. The number of hydrogen-bond acceptors (Lipinski definition) is 5. The van der Waals surface area contributed by atoms with Crippen LogP contribution in [-0.4, -0.2) is 37.8 Å². The first-order valence-electron chi connectivity index (χ1n) is 7.81. The maximum absolute atomic E-state index is 12.4. The van der Waals surface area contributed by atoms with Crippen molar-refractivity contribution in [3.05, 3.63) is 11.6 Å². The van der Waals surface area contributed by atoms with E-state index in [9.17, 15) is 8.42 Å². The highest BCUT2D eigenvalue weighted by Crippen LogP contribution is 2.27. The number of nitrogens with one attached hydrogen (secondary N) is 1. The molecule has 1 unspecified atom stereocenters. The molecule has 7 heteroatoms.